The maximum atomic E-state index is 13.3. The summed E-state index contributed by atoms with van der Waals surface area (Å²) in [7, 11) is 3.22. The maximum Gasteiger partial charge on any atom is 0.226 e. The number of fused-ring (bicyclic) bond motifs is 1. The number of Topliss-reactive ketones (excluding diaryl/α,β-unsaturated/α-hetero) is 1. The third-order valence-corrected chi connectivity index (χ3v) is 5.55. The van der Waals surface area contributed by atoms with Crippen molar-refractivity contribution in [2.45, 2.75) is 24.8 Å². The lowest BCUT2D eigenvalue weighted by atomic mass is 9.78. The number of furan rings is 1. The van der Waals surface area contributed by atoms with Gasteiger partial charge in [-0.3, -0.25) is 4.79 Å². The molecule has 29 heavy (non-hydrogen) atoms. The van der Waals surface area contributed by atoms with Crippen LogP contribution in [0.25, 0.3) is 0 Å². The molecular weight excluding hydrogens is 372 g/mol. The van der Waals surface area contributed by atoms with Gasteiger partial charge in [-0.25, -0.2) is 4.68 Å². The first-order valence-corrected chi connectivity index (χ1v) is 9.37. The van der Waals surface area contributed by atoms with E-state index in [1.807, 2.05) is 30.3 Å². The van der Waals surface area contributed by atoms with Crippen LogP contribution in [0.15, 0.2) is 58.6 Å². The number of ketones is 1. The molecule has 2 aromatic heterocycles. The Hall–Kier alpha value is -3.55. The fraction of sp³-hybridized carbons (Fsp3) is 0.286. The van der Waals surface area contributed by atoms with Crippen molar-refractivity contribution in [2.24, 2.45) is 0 Å². The molecule has 0 spiro atoms. The molecule has 0 fully saturated rings. The molecule has 0 saturated carbocycles. The molecule has 0 amide bonds. The molecule has 1 aliphatic carbocycles. The number of hydrogen-bond donors (Lipinski definition) is 1. The van der Waals surface area contributed by atoms with E-state index in [9.17, 15) is 4.79 Å². The molecule has 1 aromatic carbocycles. The second-order valence-electron chi connectivity index (χ2n) is 7.11. The Labute approximate surface area is 167 Å². The van der Waals surface area contributed by atoms with Crippen molar-refractivity contribution in [3.05, 3.63) is 65.5 Å². The van der Waals surface area contributed by atoms with E-state index in [4.69, 9.17) is 13.9 Å². The highest BCUT2D eigenvalue weighted by atomic mass is 16.5. The molecule has 0 bridgehead atoms. The van der Waals surface area contributed by atoms with Crippen molar-refractivity contribution < 1.29 is 18.7 Å². The number of rotatable bonds is 4. The van der Waals surface area contributed by atoms with Gasteiger partial charge in [-0.15, -0.1) is 0 Å². The van der Waals surface area contributed by atoms with E-state index in [1.54, 1.807) is 25.2 Å². The van der Waals surface area contributed by atoms with E-state index in [0.29, 0.717) is 41.6 Å². The van der Waals surface area contributed by atoms with Crippen LogP contribution in [0.1, 0.15) is 36.1 Å². The smallest absolute Gasteiger partial charge is 0.226 e. The first kappa shape index (κ1) is 17.5. The molecule has 8 nitrogen and oxygen atoms in total. The Morgan fingerprint density at radius 2 is 2.03 bits per heavy atom. The fourth-order valence-corrected chi connectivity index (χ4v) is 4.20. The molecule has 5 rings (SSSR count). The first-order chi connectivity index (χ1) is 14.2. The lowest BCUT2D eigenvalue weighted by Gasteiger charge is -2.34. The summed E-state index contributed by atoms with van der Waals surface area (Å²) in [6, 6.07) is 9.07. The first-order valence-electron chi connectivity index (χ1n) is 9.37. The van der Waals surface area contributed by atoms with Crippen molar-refractivity contribution in [3.8, 4) is 11.5 Å². The summed E-state index contributed by atoms with van der Waals surface area (Å²) in [6.07, 6.45) is 4.17. The van der Waals surface area contributed by atoms with Crippen molar-refractivity contribution in [2.75, 3.05) is 19.5 Å². The molecule has 0 radical (unpaired) electrons. The number of hydrogen-bond acceptors (Lipinski definition) is 7. The van der Waals surface area contributed by atoms with Gasteiger partial charge in [0.05, 0.1) is 20.5 Å². The Balaban J connectivity index is 1.54. The standard InChI is InChI=1S/C21H20N4O4/c1-27-16-6-5-12(10-18(16)28-2)13-8-14-19(15(26)9-13)20(17-4-3-7-29-17)25-21(24-14)22-11-23-25/h3-7,10-11,13,20H,8-9H2,1-2H3,(H,22,23,24)/t13-,20+/m0/s1. The lowest BCUT2D eigenvalue weighted by Crippen LogP contribution is -2.33. The Morgan fingerprint density at radius 1 is 1.17 bits per heavy atom. The van der Waals surface area contributed by atoms with Gasteiger partial charge in [-0.05, 0) is 42.2 Å². The van der Waals surface area contributed by atoms with E-state index in [-0.39, 0.29) is 11.7 Å². The normalized spacial score (nSPS) is 20.7. The second kappa shape index (κ2) is 6.80. The van der Waals surface area contributed by atoms with Crippen molar-refractivity contribution in [3.63, 3.8) is 0 Å². The zero-order chi connectivity index (χ0) is 20.0. The van der Waals surface area contributed by atoms with Gasteiger partial charge in [0.15, 0.2) is 17.3 Å². The average molecular weight is 392 g/mol. The highest BCUT2D eigenvalue weighted by Crippen LogP contribution is 2.44. The number of aromatic nitrogens is 3. The predicted octanol–water partition coefficient (Wildman–Crippen LogP) is 3.30. The van der Waals surface area contributed by atoms with Crippen LogP contribution in [-0.2, 0) is 4.79 Å². The van der Waals surface area contributed by atoms with Gasteiger partial charge in [-0.1, -0.05) is 6.07 Å². The molecule has 3 aromatic rings. The van der Waals surface area contributed by atoms with E-state index in [1.165, 1.54) is 6.33 Å². The number of allylic oxidation sites excluding steroid dienone is 2. The van der Waals surface area contributed by atoms with Crippen LogP contribution < -0.4 is 14.8 Å². The fourth-order valence-electron chi connectivity index (χ4n) is 4.20. The minimum atomic E-state index is -0.405. The van der Waals surface area contributed by atoms with Gasteiger partial charge in [0.1, 0.15) is 18.1 Å². The Morgan fingerprint density at radius 3 is 2.79 bits per heavy atom. The molecule has 2 atom stereocenters. The van der Waals surface area contributed by atoms with Crippen molar-refractivity contribution in [1.29, 1.82) is 0 Å². The molecule has 0 saturated heterocycles. The van der Waals surface area contributed by atoms with Crippen LogP contribution in [0.3, 0.4) is 0 Å². The number of anilines is 1. The SMILES string of the molecule is COc1ccc([C@@H]2CC(=O)C3=C(C2)Nc2ncnn2[C@@H]3c2ccco2)cc1OC. The van der Waals surface area contributed by atoms with Crippen LogP contribution >= 0.6 is 0 Å². The number of carbonyl (C=O) groups excluding carboxylic acids is 1. The van der Waals surface area contributed by atoms with Crippen LogP contribution in [0.2, 0.25) is 0 Å². The highest BCUT2D eigenvalue weighted by Gasteiger charge is 2.40. The summed E-state index contributed by atoms with van der Waals surface area (Å²) in [4.78, 5) is 17.6. The topological polar surface area (TPSA) is 91.4 Å². The summed E-state index contributed by atoms with van der Waals surface area (Å²) in [5.41, 5.74) is 2.59. The molecule has 148 valence electrons. The van der Waals surface area contributed by atoms with Gasteiger partial charge in [0, 0.05) is 17.7 Å². The summed E-state index contributed by atoms with van der Waals surface area (Å²) in [5, 5.41) is 7.61. The van der Waals surface area contributed by atoms with Crippen LogP contribution in [-0.4, -0.2) is 34.8 Å². The number of carbonyl (C=O) groups is 1. The summed E-state index contributed by atoms with van der Waals surface area (Å²) in [6.45, 7) is 0. The molecule has 2 aliphatic rings. The third-order valence-electron chi connectivity index (χ3n) is 5.55. The number of nitrogens with one attached hydrogen (secondary N) is 1. The monoisotopic (exact) mass is 392 g/mol. The molecule has 8 heteroatoms. The van der Waals surface area contributed by atoms with Crippen molar-refractivity contribution >= 4 is 11.7 Å². The van der Waals surface area contributed by atoms with Crippen LogP contribution in [0.4, 0.5) is 5.95 Å². The molecule has 1 aliphatic heterocycles. The summed E-state index contributed by atoms with van der Waals surface area (Å²) >= 11 is 0. The lowest BCUT2D eigenvalue weighted by molar-refractivity contribution is -0.116. The van der Waals surface area contributed by atoms with E-state index in [0.717, 1.165) is 11.3 Å². The molecular formula is C21H20N4O4. The van der Waals surface area contributed by atoms with Gasteiger partial charge in [0.2, 0.25) is 5.95 Å². The maximum absolute atomic E-state index is 13.3. The Bertz CT molecular complexity index is 1100. The number of methoxy groups -OCH3 is 2. The average Bonchev–Trinajstić information content (AvgIpc) is 3.43. The quantitative estimate of drug-likeness (QED) is 0.728. The van der Waals surface area contributed by atoms with Gasteiger partial charge in [0.25, 0.3) is 0 Å². The second-order valence-corrected chi connectivity index (χ2v) is 7.11. The molecule has 1 N–H and O–H groups in total. The minimum Gasteiger partial charge on any atom is -0.493 e. The highest BCUT2D eigenvalue weighted by molar-refractivity contribution is 6.00. The molecule has 0 unspecified atom stereocenters. The summed E-state index contributed by atoms with van der Waals surface area (Å²) < 4.78 is 18.1. The van der Waals surface area contributed by atoms with E-state index in [2.05, 4.69) is 15.4 Å². The van der Waals surface area contributed by atoms with Crippen LogP contribution in [0.5, 0.6) is 11.5 Å². The summed E-state index contributed by atoms with van der Waals surface area (Å²) in [5.74, 6) is 2.69. The third kappa shape index (κ3) is 2.79. The predicted molar refractivity (Wildman–Crippen MR) is 104 cm³/mol. The van der Waals surface area contributed by atoms with Gasteiger partial charge in [-0.2, -0.15) is 10.1 Å². The Kier molecular flexibility index (Phi) is 4.12. The van der Waals surface area contributed by atoms with Crippen LogP contribution in [0, 0.1) is 0 Å². The van der Waals surface area contributed by atoms with Gasteiger partial charge >= 0.3 is 0 Å². The van der Waals surface area contributed by atoms with E-state index >= 15 is 0 Å². The number of nitrogens with zero attached hydrogens (tertiary/aromatic N) is 3. The largest absolute Gasteiger partial charge is 0.493 e. The zero-order valence-electron chi connectivity index (χ0n) is 16.1. The number of ether oxygens (including phenoxy) is 2. The van der Waals surface area contributed by atoms with Crippen molar-refractivity contribution in [1.82, 2.24) is 14.8 Å². The molecule has 3 heterocycles. The zero-order valence-corrected chi connectivity index (χ0v) is 16.1. The minimum absolute atomic E-state index is 0.0280. The number of benzene rings is 1. The van der Waals surface area contributed by atoms with E-state index < -0.39 is 6.04 Å². The van der Waals surface area contributed by atoms with Gasteiger partial charge < -0.3 is 19.2 Å².